The number of rotatable bonds is 5. The first-order chi connectivity index (χ1) is 12.1. The Kier molecular flexibility index (Phi) is 4.79. The summed E-state index contributed by atoms with van der Waals surface area (Å²) in [5.74, 6) is 0.378. The zero-order chi connectivity index (χ0) is 17.8. The van der Waals surface area contributed by atoms with Crippen LogP contribution in [0.25, 0.3) is 11.0 Å². The highest BCUT2D eigenvalue weighted by Crippen LogP contribution is 2.26. The smallest absolute Gasteiger partial charge is 0.339 e. The number of esters is 1. The van der Waals surface area contributed by atoms with Crippen molar-refractivity contribution in [1.29, 1.82) is 0 Å². The van der Waals surface area contributed by atoms with E-state index >= 15 is 0 Å². The number of hydrogen-bond donors (Lipinski definition) is 0. The minimum Gasteiger partial charge on any atom is -0.462 e. The van der Waals surface area contributed by atoms with Crippen molar-refractivity contribution in [3.63, 3.8) is 0 Å². The standard InChI is InChI=1S/C19H17NO5/c1-3-12-9-18(21)25-16-10-14(6-7-15(12)16)24-17-8-5-13(11-20-17)19(22)23-4-2/h5-11H,3-4H2,1-2H3. The molecule has 2 heterocycles. The van der Waals surface area contributed by atoms with E-state index in [1.54, 1.807) is 31.2 Å². The molecule has 0 saturated carbocycles. The molecule has 0 radical (unpaired) electrons. The summed E-state index contributed by atoms with van der Waals surface area (Å²) in [5, 5.41) is 0.875. The quantitative estimate of drug-likeness (QED) is 0.521. The van der Waals surface area contributed by atoms with E-state index in [4.69, 9.17) is 13.9 Å². The van der Waals surface area contributed by atoms with Gasteiger partial charge in [-0.25, -0.2) is 14.6 Å². The maximum atomic E-state index is 11.6. The van der Waals surface area contributed by atoms with Crippen LogP contribution in [0, 0.1) is 0 Å². The van der Waals surface area contributed by atoms with Gasteiger partial charge in [-0.15, -0.1) is 0 Å². The molecule has 128 valence electrons. The lowest BCUT2D eigenvalue weighted by atomic mass is 10.1. The molecule has 0 fully saturated rings. The summed E-state index contributed by atoms with van der Waals surface area (Å²) in [6, 6.07) is 9.93. The molecule has 3 aromatic rings. The second-order valence-corrected chi connectivity index (χ2v) is 5.31. The number of aromatic nitrogens is 1. The normalized spacial score (nSPS) is 10.6. The van der Waals surface area contributed by atoms with Crippen LogP contribution in [0.3, 0.4) is 0 Å². The van der Waals surface area contributed by atoms with Gasteiger partial charge >= 0.3 is 11.6 Å². The van der Waals surface area contributed by atoms with Crippen LogP contribution in [0.4, 0.5) is 0 Å². The topological polar surface area (TPSA) is 78.6 Å². The largest absolute Gasteiger partial charge is 0.462 e. The van der Waals surface area contributed by atoms with Gasteiger partial charge in [0.05, 0.1) is 12.2 Å². The fraction of sp³-hybridized carbons (Fsp3) is 0.211. The molecular formula is C19H17NO5. The molecule has 0 saturated heterocycles. The zero-order valence-corrected chi connectivity index (χ0v) is 13.9. The summed E-state index contributed by atoms with van der Waals surface area (Å²) in [4.78, 5) is 27.3. The Bertz CT molecular complexity index is 960. The lowest BCUT2D eigenvalue weighted by Gasteiger charge is -2.08. The summed E-state index contributed by atoms with van der Waals surface area (Å²) >= 11 is 0. The Morgan fingerprint density at radius 1 is 1.16 bits per heavy atom. The molecule has 1 aromatic carbocycles. The van der Waals surface area contributed by atoms with Gasteiger partial charge in [0.2, 0.25) is 5.88 Å². The van der Waals surface area contributed by atoms with Gasteiger partial charge in [0, 0.05) is 29.8 Å². The number of pyridine rings is 1. The molecule has 6 nitrogen and oxygen atoms in total. The van der Waals surface area contributed by atoms with Crippen LogP contribution in [0.15, 0.2) is 51.8 Å². The summed E-state index contributed by atoms with van der Waals surface area (Å²) in [7, 11) is 0. The lowest BCUT2D eigenvalue weighted by Crippen LogP contribution is -2.05. The summed E-state index contributed by atoms with van der Waals surface area (Å²) in [6.45, 7) is 4.03. The Morgan fingerprint density at radius 2 is 2.00 bits per heavy atom. The molecule has 6 heteroatoms. The van der Waals surface area contributed by atoms with Crippen LogP contribution < -0.4 is 10.4 Å². The van der Waals surface area contributed by atoms with Crippen molar-refractivity contribution in [3.8, 4) is 11.6 Å². The molecule has 0 atom stereocenters. The number of hydrogen-bond acceptors (Lipinski definition) is 6. The van der Waals surface area contributed by atoms with Crippen molar-refractivity contribution < 1.29 is 18.7 Å². The summed E-state index contributed by atoms with van der Waals surface area (Å²) in [5.41, 5.74) is 1.35. The maximum Gasteiger partial charge on any atom is 0.339 e. The molecule has 0 spiro atoms. The molecule has 0 aliphatic heterocycles. The number of benzene rings is 1. The molecule has 0 amide bonds. The van der Waals surface area contributed by atoms with E-state index in [1.807, 2.05) is 13.0 Å². The molecule has 0 unspecified atom stereocenters. The highest BCUT2D eigenvalue weighted by Gasteiger charge is 2.09. The molecular weight excluding hydrogens is 322 g/mol. The van der Waals surface area contributed by atoms with Crippen LogP contribution in [0.2, 0.25) is 0 Å². The monoisotopic (exact) mass is 339 g/mol. The third-order valence-electron chi connectivity index (χ3n) is 3.65. The second kappa shape index (κ2) is 7.17. The van der Waals surface area contributed by atoms with Gasteiger partial charge in [0.25, 0.3) is 0 Å². The third kappa shape index (κ3) is 3.68. The first kappa shape index (κ1) is 16.7. The van der Waals surface area contributed by atoms with Crippen molar-refractivity contribution >= 4 is 16.9 Å². The van der Waals surface area contributed by atoms with E-state index in [0.717, 1.165) is 17.4 Å². The average molecular weight is 339 g/mol. The van der Waals surface area contributed by atoms with Gasteiger partial charge in [-0.05, 0) is 37.1 Å². The van der Waals surface area contributed by atoms with Crippen molar-refractivity contribution in [2.24, 2.45) is 0 Å². The van der Waals surface area contributed by atoms with Crippen molar-refractivity contribution in [2.75, 3.05) is 6.61 Å². The molecule has 25 heavy (non-hydrogen) atoms. The number of carbonyl (C=O) groups is 1. The molecule has 0 aliphatic rings. The van der Waals surface area contributed by atoms with Gasteiger partial charge in [0.15, 0.2) is 0 Å². The van der Waals surface area contributed by atoms with E-state index in [9.17, 15) is 9.59 Å². The number of nitrogens with zero attached hydrogens (tertiary/aromatic N) is 1. The maximum absolute atomic E-state index is 11.6. The Balaban J connectivity index is 1.85. The summed E-state index contributed by atoms with van der Waals surface area (Å²) in [6.07, 6.45) is 2.13. The highest BCUT2D eigenvalue weighted by atomic mass is 16.5. The SMILES string of the molecule is CCOC(=O)c1ccc(Oc2ccc3c(CC)cc(=O)oc3c2)nc1. The number of fused-ring (bicyclic) bond motifs is 1. The van der Waals surface area contributed by atoms with Gasteiger partial charge in [-0.3, -0.25) is 0 Å². The third-order valence-corrected chi connectivity index (χ3v) is 3.65. The van der Waals surface area contributed by atoms with Crippen molar-refractivity contribution in [1.82, 2.24) is 4.98 Å². The first-order valence-electron chi connectivity index (χ1n) is 7.98. The summed E-state index contributed by atoms with van der Waals surface area (Å²) < 4.78 is 15.8. The lowest BCUT2D eigenvalue weighted by molar-refractivity contribution is 0.0526. The first-order valence-corrected chi connectivity index (χ1v) is 7.98. The van der Waals surface area contributed by atoms with Crippen LogP contribution in [0.1, 0.15) is 29.8 Å². The number of carbonyl (C=O) groups excluding carboxylic acids is 1. The zero-order valence-electron chi connectivity index (χ0n) is 13.9. The van der Waals surface area contributed by atoms with Crippen LogP contribution in [0.5, 0.6) is 11.6 Å². The van der Waals surface area contributed by atoms with Gasteiger partial charge in [-0.2, -0.15) is 0 Å². The van der Waals surface area contributed by atoms with Gasteiger partial charge in [-0.1, -0.05) is 6.92 Å². The van der Waals surface area contributed by atoms with E-state index in [-0.39, 0.29) is 0 Å². The molecule has 0 N–H and O–H groups in total. The second-order valence-electron chi connectivity index (χ2n) is 5.31. The van der Waals surface area contributed by atoms with Crippen molar-refractivity contribution in [2.45, 2.75) is 20.3 Å². The predicted molar refractivity (Wildman–Crippen MR) is 92.1 cm³/mol. The van der Waals surface area contributed by atoms with Crippen LogP contribution in [-0.4, -0.2) is 17.6 Å². The van der Waals surface area contributed by atoms with Gasteiger partial charge in [0.1, 0.15) is 11.3 Å². The van der Waals surface area contributed by atoms with E-state index in [0.29, 0.717) is 29.4 Å². The van der Waals surface area contributed by atoms with Crippen molar-refractivity contribution in [3.05, 3.63) is 64.1 Å². The Hall–Kier alpha value is -3.15. The average Bonchev–Trinajstić information content (AvgIpc) is 2.61. The Labute approximate surface area is 144 Å². The molecule has 2 aromatic heterocycles. The number of aryl methyl sites for hydroxylation is 1. The van der Waals surface area contributed by atoms with Gasteiger partial charge < -0.3 is 13.9 Å². The predicted octanol–water partition coefficient (Wildman–Crippen LogP) is 3.72. The molecule has 0 aliphatic carbocycles. The number of ether oxygens (including phenoxy) is 2. The van der Waals surface area contributed by atoms with E-state index in [1.165, 1.54) is 12.3 Å². The fourth-order valence-electron chi connectivity index (χ4n) is 2.46. The highest BCUT2D eigenvalue weighted by molar-refractivity contribution is 5.89. The van der Waals surface area contributed by atoms with E-state index in [2.05, 4.69) is 4.98 Å². The molecule has 3 rings (SSSR count). The minimum atomic E-state index is -0.430. The van der Waals surface area contributed by atoms with E-state index < -0.39 is 11.6 Å². The fourth-order valence-corrected chi connectivity index (χ4v) is 2.46. The van der Waals surface area contributed by atoms with Crippen LogP contribution >= 0.6 is 0 Å². The Morgan fingerprint density at radius 3 is 2.68 bits per heavy atom. The molecule has 0 bridgehead atoms. The van der Waals surface area contributed by atoms with Crippen LogP contribution in [-0.2, 0) is 11.2 Å². The minimum absolute atomic E-state index is 0.305.